The summed E-state index contributed by atoms with van der Waals surface area (Å²) >= 11 is 6.17. The van der Waals surface area contributed by atoms with Crippen LogP contribution in [0.5, 0.6) is 11.5 Å². The van der Waals surface area contributed by atoms with Crippen molar-refractivity contribution in [3.8, 4) is 11.5 Å². The maximum atomic E-state index is 12.1. The van der Waals surface area contributed by atoms with E-state index in [1.54, 1.807) is 24.3 Å². The van der Waals surface area contributed by atoms with Crippen molar-refractivity contribution in [2.45, 2.75) is 6.92 Å². The van der Waals surface area contributed by atoms with Gasteiger partial charge in [-0.05, 0) is 35.9 Å². The van der Waals surface area contributed by atoms with Crippen LogP contribution in [0, 0.1) is 0 Å². The molecule has 0 saturated carbocycles. The number of rotatable bonds is 4. The number of nitrogens with zero attached hydrogens (tertiary/aromatic N) is 1. The molecule has 0 amide bonds. The molecule has 0 fully saturated rings. The van der Waals surface area contributed by atoms with Crippen molar-refractivity contribution in [2.24, 2.45) is 4.99 Å². The minimum absolute atomic E-state index is 0.117. The number of carbonyl (C=O) groups excluding carboxylic acids is 2. The van der Waals surface area contributed by atoms with E-state index < -0.39 is 11.9 Å². The molecule has 0 bridgehead atoms. The van der Waals surface area contributed by atoms with Gasteiger partial charge in [0.1, 0.15) is 0 Å². The molecule has 2 aromatic rings. The molecule has 1 heterocycles. The third kappa shape index (κ3) is 3.75. The third-order valence-electron chi connectivity index (χ3n) is 3.44. The molecule has 26 heavy (non-hydrogen) atoms. The van der Waals surface area contributed by atoms with Crippen molar-refractivity contribution in [2.75, 3.05) is 7.11 Å². The number of carbonyl (C=O) groups is 2. The van der Waals surface area contributed by atoms with Crippen LogP contribution in [0.25, 0.3) is 6.08 Å². The maximum absolute atomic E-state index is 12.1. The van der Waals surface area contributed by atoms with Gasteiger partial charge >= 0.3 is 11.9 Å². The lowest BCUT2D eigenvalue weighted by Crippen LogP contribution is -2.05. The molecule has 1 aliphatic rings. The molecule has 0 aromatic heterocycles. The fraction of sp³-hybridized carbons (Fsp3) is 0.105. The molecule has 3 rings (SSSR count). The summed E-state index contributed by atoms with van der Waals surface area (Å²) in [6.07, 6.45) is 1.52. The van der Waals surface area contributed by atoms with Crippen molar-refractivity contribution >= 4 is 35.5 Å². The van der Waals surface area contributed by atoms with Crippen LogP contribution in [-0.4, -0.2) is 24.9 Å². The summed E-state index contributed by atoms with van der Waals surface area (Å²) in [7, 11) is 1.42. The van der Waals surface area contributed by atoms with Gasteiger partial charge in [0.25, 0.3) is 0 Å². The summed E-state index contributed by atoms with van der Waals surface area (Å²) in [6.45, 7) is 1.26. The molecule has 0 radical (unpaired) electrons. The van der Waals surface area contributed by atoms with Crippen molar-refractivity contribution in [3.05, 3.63) is 64.3 Å². The second kappa shape index (κ2) is 7.41. The summed E-state index contributed by atoms with van der Waals surface area (Å²) in [5, 5.41) is 0.171. The summed E-state index contributed by atoms with van der Waals surface area (Å²) < 4.78 is 15.5. The molecule has 7 heteroatoms. The van der Waals surface area contributed by atoms with Crippen LogP contribution in [0.3, 0.4) is 0 Å². The fourth-order valence-electron chi connectivity index (χ4n) is 2.34. The molecular weight excluding hydrogens is 358 g/mol. The van der Waals surface area contributed by atoms with E-state index in [4.69, 9.17) is 25.8 Å². The van der Waals surface area contributed by atoms with Gasteiger partial charge in [-0.2, -0.15) is 0 Å². The minimum atomic E-state index is -0.567. The van der Waals surface area contributed by atoms with Crippen LogP contribution < -0.4 is 9.47 Å². The van der Waals surface area contributed by atoms with Gasteiger partial charge in [-0.15, -0.1) is 0 Å². The van der Waals surface area contributed by atoms with Crippen LogP contribution in [0.15, 0.2) is 53.2 Å². The van der Waals surface area contributed by atoms with E-state index in [0.717, 1.165) is 0 Å². The topological polar surface area (TPSA) is 74.2 Å². The van der Waals surface area contributed by atoms with Gasteiger partial charge in [0.05, 0.1) is 12.1 Å². The monoisotopic (exact) mass is 371 g/mol. The summed E-state index contributed by atoms with van der Waals surface area (Å²) in [5.41, 5.74) is 1.38. The Morgan fingerprint density at radius 1 is 1.23 bits per heavy atom. The van der Waals surface area contributed by atoms with E-state index in [9.17, 15) is 9.59 Å². The number of methoxy groups -OCH3 is 1. The Hall–Kier alpha value is -3.12. The zero-order valence-electron chi connectivity index (χ0n) is 14.0. The van der Waals surface area contributed by atoms with E-state index >= 15 is 0 Å². The van der Waals surface area contributed by atoms with Crippen molar-refractivity contribution in [1.82, 2.24) is 0 Å². The molecule has 6 nitrogen and oxygen atoms in total. The number of halogens is 1. The largest absolute Gasteiger partial charge is 0.493 e. The number of cyclic esters (lactones) is 1. The Kier molecular flexibility index (Phi) is 5.04. The van der Waals surface area contributed by atoms with Crippen LogP contribution >= 0.6 is 11.6 Å². The number of esters is 2. The molecule has 0 N–H and O–H groups in total. The average Bonchev–Trinajstić information content (AvgIpc) is 2.98. The first-order chi connectivity index (χ1) is 12.5. The van der Waals surface area contributed by atoms with Crippen molar-refractivity contribution < 1.29 is 23.8 Å². The molecule has 0 saturated heterocycles. The molecule has 2 aromatic carbocycles. The standard InChI is InChI=1S/C19H14ClNO5/c1-11(22)25-17-14(20)8-12(10-16(17)24-2)9-15-19(23)26-18(21-15)13-6-4-3-5-7-13/h3-10H,1-2H3. The summed E-state index contributed by atoms with van der Waals surface area (Å²) in [4.78, 5) is 27.5. The first-order valence-corrected chi connectivity index (χ1v) is 7.99. The smallest absolute Gasteiger partial charge is 0.363 e. The van der Waals surface area contributed by atoms with Gasteiger partial charge in [0.2, 0.25) is 5.90 Å². The van der Waals surface area contributed by atoms with E-state index in [-0.39, 0.29) is 28.1 Å². The first-order valence-electron chi connectivity index (χ1n) is 7.62. The van der Waals surface area contributed by atoms with Gasteiger partial charge in [0, 0.05) is 12.5 Å². The fourth-order valence-corrected chi connectivity index (χ4v) is 2.59. The highest BCUT2D eigenvalue weighted by Gasteiger charge is 2.24. The van der Waals surface area contributed by atoms with Crippen molar-refractivity contribution in [3.63, 3.8) is 0 Å². The number of aliphatic imine (C=N–C) groups is 1. The third-order valence-corrected chi connectivity index (χ3v) is 3.72. The molecule has 0 unspecified atom stereocenters. The molecule has 0 aliphatic carbocycles. The molecule has 1 aliphatic heterocycles. The van der Waals surface area contributed by atoms with E-state index in [2.05, 4.69) is 4.99 Å². The van der Waals surface area contributed by atoms with Crippen LogP contribution in [-0.2, 0) is 14.3 Å². The van der Waals surface area contributed by atoms with Crippen LogP contribution in [0.1, 0.15) is 18.1 Å². The number of hydrogen-bond donors (Lipinski definition) is 0. The minimum Gasteiger partial charge on any atom is -0.493 e. The highest BCUT2D eigenvalue weighted by atomic mass is 35.5. The van der Waals surface area contributed by atoms with Gasteiger partial charge in [0.15, 0.2) is 17.2 Å². The predicted octanol–water partition coefficient (Wildman–Crippen LogP) is 3.62. The highest BCUT2D eigenvalue weighted by Crippen LogP contribution is 2.37. The first kappa shape index (κ1) is 17.7. The van der Waals surface area contributed by atoms with Gasteiger partial charge in [-0.1, -0.05) is 29.8 Å². The lowest BCUT2D eigenvalue weighted by Gasteiger charge is -2.10. The molecule has 0 atom stereocenters. The molecular formula is C19H14ClNO5. The Morgan fingerprint density at radius 3 is 2.62 bits per heavy atom. The average molecular weight is 372 g/mol. The normalized spacial score (nSPS) is 14.8. The lowest BCUT2D eigenvalue weighted by atomic mass is 10.1. The Morgan fingerprint density at radius 2 is 1.96 bits per heavy atom. The quantitative estimate of drug-likeness (QED) is 0.466. The number of benzene rings is 2. The SMILES string of the molecule is COc1cc(C=C2N=C(c3ccccc3)OC2=O)cc(Cl)c1OC(C)=O. The van der Waals surface area contributed by atoms with Crippen molar-refractivity contribution in [1.29, 1.82) is 0 Å². The molecule has 0 spiro atoms. The van der Waals surface area contributed by atoms with Gasteiger partial charge < -0.3 is 14.2 Å². The van der Waals surface area contributed by atoms with E-state index in [0.29, 0.717) is 11.1 Å². The maximum Gasteiger partial charge on any atom is 0.363 e. The Labute approximate surface area is 154 Å². The predicted molar refractivity (Wildman–Crippen MR) is 96.4 cm³/mol. The zero-order chi connectivity index (χ0) is 18.7. The summed E-state index contributed by atoms with van der Waals surface area (Å²) in [5.74, 6) is -0.475. The van der Waals surface area contributed by atoms with Gasteiger partial charge in [-0.25, -0.2) is 9.79 Å². The highest BCUT2D eigenvalue weighted by molar-refractivity contribution is 6.32. The summed E-state index contributed by atoms with van der Waals surface area (Å²) in [6, 6.07) is 12.2. The van der Waals surface area contributed by atoms with Crippen LogP contribution in [0.4, 0.5) is 0 Å². The van der Waals surface area contributed by atoms with E-state index in [1.165, 1.54) is 20.1 Å². The Bertz CT molecular complexity index is 934. The second-order valence-electron chi connectivity index (χ2n) is 5.33. The zero-order valence-corrected chi connectivity index (χ0v) is 14.7. The Balaban J connectivity index is 1.97. The second-order valence-corrected chi connectivity index (χ2v) is 5.74. The van der Waals surface area contributed by atoms with Gasteiger partial charge in [-0.3, -0.25) is 4.79 Å². The number of hydrogen-bond acceptors (Lipinski definition) is 6. The number of ether oxygens (including phenoxy) is 3. The molecule has 132 valence electrons. The lowest BCUT2D eigenvalue weighted by molar-refractivity contribution is -0.132. The van der Waals surface area contributed by atoms with Crippen LogP contribution in [0.2, 0.25) is 5.02 Å². The van der Waals surface area contributed by atoms with E-state index in [1.807, 2.05) is 18.2 Å².